The van der Waals surface area contributed by atoms with Gasteiger partial charge in [-0.2, -0.15) is 13.2 Å². The number of carboxylic acid groups (broad SMARTS) is 1. The van der Waals surface area contributed by atoms with Crippen molar-refractivity contribution in [3.8, 4) is 0 Å². The minimum atomic E-state index is -4.46. The summed E-state index contributed by atoms with van der Waals surface area (Å²) in [5, 5.41) is 21.9. The number of nitrogens with one attached hydrogen (secondary N) is 1. The van der Waals surface area contributed by atoms with Gasteiger partial charge in [0.1, 0.15) is 0 Å². The van der Waals surface area contributed by atoms with Crippen LogP contribution < -0.4 is 5.32 Å². The van der Waals surface area contributed by atoms with Crippen LogP contribution in [0.15, 0.2) is 48.5 Å². The standard InChI is InChI=1S/C22H23F3N2O4/c1-13(15-5-7-16(8-6-15)21(30)31)26-20(29)19-10-18(28)12-27(19)11-14-3-2-4-17(9-14)22(23,24)25/h2-9,13,18-19,28H,10-12H2,1H3,(H,26,29)(H,30,31)/t13-,18+,19+/m0/s1. The summed E-state index contributed by atoms with van der Waals surface area (Å²) in [6, 6.07) is 9.92. The molecule has 3 N–H and O–H groups in total. The summed E-state index contributed by atoms with van der Waals surface area (Å²) in [7, 11) is 0. The molecule has 0 bridgehead atoms. The number of carbonyl (C=O) groups is 2. The molecule has 1 heterocycles. The topological polar surface area (TPSA) is 89.9 Å². The third kappa shape index (κ3) is 5.62. The molecule has 31 heavy (non-hydrogen) atoms. The van der Waals surface area contributed by atoms with Crippen LogP contribution in [0, 0.1) is 0 Å². The molecule has 166 valence electrons. The smallest absolute Gasteiger partial charge is 0.416 e. The van der Waals surface area contributed by atoms with E-state index < -0.39 is 35.9 Å². The lowest BCUT2D eigenvalue weighted by Gasteiger charge is -2.25. The second kappa shape index (κ2) is 9.07. The maximum atomic E-state index is 13.0. The summed E-state index contributed by atoms with van der Waals surface area (Å²) < 4.78 is 38.9. The highest BCUT2D eigenvalue weighted by molar-refractivity contribution is 5.87. The van der Waals surface area contributed by atoms with Gasteiger partial charge in [0, 0.05) is 13.1 Å². The fraction of sp³-hybridized carbons (Fsp3) is 0.364. The van der Waals surface area contributed by atoms with Crippen LogP contribution in [0.4, 0.5) is 13.2 Å². The molecular formula is C22H23F3N2O4. The van der Waals surface area contributed by atoms with Gasteiger partial charge in [-0.3, -0.25) is 9.69 Å². The van der Waals surface area contributed by atoms with Gasteiger partial charge in [0.2, 0.25) is 5.91 Å². The molecule has 0 aromatic heterocycles. The molecule has 0 spiro atoms. The number of likely N-dealkylation sites (tertiary alicyclic amines) is 1. The van der Waals surface area contributed by atoms with Crippen LogP contribution in [0.25, 0.3) is 0 Å². The van der Waals surface area contributed by atoms with Gasteiger partial charge < -0.3 is 15.5 Å². The highest BCUT2D eigenvalue weighted by Gasteiger charge is 2.37. The Morgan fingerprint density at radius 3 is 2.48 bits per heavy atom. The van der Waals surface area contributed by atoms with Crippen LogP contribution in [0.3, 0.4) is 0 Å². The van der Waals surface area contributed by atoms with Gasteiger partial charge in [-0.1, -0.05) is 30.3 Å². The Hall–Kier alpha value is -2.91. The number of aliphatic hydroxyl groups is 1. The number of alkyl halides is 3. The van der Waals surface area contributed by atoms with Crippen molar-refractivity contribution in [1.29, 1.82) is 0 Å². The SMILES string of the molecule is C[C@H](NC(=O)[C@H]1C[C@@H](O)CN1Cc1cccc(C(F)(F)F)c1)c1ccc(C(=O)O)cc1. The highest BCUT2D eigenvalue weighted by atomic mass is 19.4. The summed E-state index contributed by atoms with van der Waals surface area (Å²) in [6.07, 6.45) is -5.04. The van der Waals surface area contributed by atoms with Crippen LogP contribution in [-0.2, 0) is 17.5 Å². The molecule has 1 fully saturated rings. The number of rotatable bonds is 6. The Morgan fingerprint density at radius 1 is 1.19 bits per heavy atom. The van der Waals surface area contributed by atoms with Crippen molar-refractivity contribution in [2.45, 2.75) is 44.3 Å². The van der Waals surface area contributed by atoms with Gasteiger partial charge in [-0.25, -0.2) is 4.79 Å². The molecule has 3 rings (SSSR count). The number of carbonyl (C=O) groups excluding carboxylic acids is 1. The van der Waals surface area contributed by atoms with Gasteiger partial charge in [-0.05, 0) is 42.7 Å². The van der Waals surface area contributed by atoms with Crippen molar-refractivity contribution >= 4 is 11.9 Å². The lowest BCUT2D eigenvalue weighted by Crippen LogP contribution is -2.43. The minimum Gasteiger partial charge on any atom is -0.478 e. The quantitative estimate of drug-likeness (QED) is 0.647. The molecule has 0 unspecified atom stereocenters. The van der Waals surface area contributed by atoms with E-state index in [1.165, 1.54) is 18.2 Å². The molecule has 1 aliphatic heterocycles. The molecule has 3 atom stereocenters. The molecular weight excluding hydrogens is 413 g/mol. The maximum absolute atomic E-state index is 13.0. The van der Waals surface area contributed by atoms with Crippen LogP contribution in [0.5, 0.6) is 0 Å². The number of amides is 1. The van der Waals surface area contributed by atoms with Crippen molar-refractivity contribution in [1.82, 2.24) is 10.2 Å². The minimum absolute atomic E-state index is 0.0980. The predicted molar refractivity (Wildman–Crippen MR) is 106 cm³/mol. The number of hydrogen-bond donors (Lipinski definition) is 3. The zero-order valence-electron chi connectivity index (χ0n) is 16.8. The first-order chi connectivity index (χ1) is 14.5. The predicted octanol–water partition coefficient (Wildman–Crippen LogP) is 3.22. The van der Waals surface area contributed by atoms with E-state index in [2.05, 4.69) is 5.32 Å². The number of halogens is 3. The van der Waals surface area contributed by atoms with E-state index in [1.54, 1.807) is 30.0 Å². The first-order valence-corrected chi connectivity index (χ1v) is 9.76. The summed E-state index contributed by atoms with van der Waals surface area (Å²) >= 11 is 0. The molecule has 9 heteroatoms. The summed E-state index contributed by atoms with van der Waals surface area (Å²) in [5.41, 5.74) is 0.484. The number of benzene rings is 2. The van der Waals surface area contributed by atoms with E-state index in [9.17, 15) is 27.9 Å². The fourth-order valence-electron chi connectivity index (χ4n) is 3.71. The zero-order valence-corrected chi connectivity index (χ0v) is 16.8. The van der Waals surface area contributed by atoms with Crippen molar-refractivity contribution in [2.75, 3.05) is 6.54 Å². The molecule has 2 aromatic carbocycles. The first-order valence-electron chi connectivity index (χ1n) is 9.76. The number of hydrogen-bond acceptors (Lipinski definition) is 4. The number of nitrogens with zero attached hydrogens (tertiary/aromatic N) is 1. The van der Waals surface area contributed by atoms with E-state index in [0.29, 0.717) is 11.1 Å². The first kappa shape index (κ1) is 22.8. The van der Waals surface area contributed by atoms with Crippen LogP contribution >= 0.6 is 0 Å². The molecule has 1 aliphatic rings. The molecule has 0 radical (unpaired) electrons. The van der Waals surface area contributed by atoms with Crippen molar-refractivity contribution in [3.63, 3.8) is 0 Å². The Labute approximate surface area is 177 Å². The number of aromatic carboxylic acids is 1. The highest BCUT2D eigenvalue weighted by Crippen LogP contribution is 2.30. The molecule has 1 amide bonds. The lowest BCUT2D eigenvalue weighted by atomic mass is 10.0. The van der Waals surface area contributed by atoms with Crippen LogP contribution in [-0.4, -0.2) is 45.7 Å². The van der Waals surface area contributed by atoms with Gasteiger partial charge in [0.25, 0.3) is 0 Å². The molecule has 2 aromatic rings. The third-order valence-electron chi connectivity index (χ3n) is 5.34. The monoisotopic (exact) mass is 436 g/mol. The van der Waals surface area contributed by atoms with Gasteiger partial charge in [0.15, 0.2) is 0 Å². The van der Waals surface area contributed by atoms with Crippen molar-refractivity contribution < 1.29 is 33.0 Å². The molecule has 6 nitrogen and oxygen atoms in total. The Kier molecular flexibility index (Phi) is 6.66. The van der Waals surface area contributed by atoms with E-state index >= 15 is 0 Å². The fourth-order valence-corrected chi connectivity index (χ4v) is 3.71. The average Bonchev–Trinajstić information content (AvgIpc) is 3.07. The Morgan fingerprint density at radius 2 is 1.87 bits per heavy atom. The van der Waals surface area contributed by atoms with E-state index in [1.807, 2.05) is 0 Å². The zero-order chi connectivity index (χ0) is 22.8. The van der Waals surface area contributed by atoms with Crippen molar-refractivity contribution in [3.05, 3.63) is 70.8 Å². The third-order valence-corrected chi connectivity index (χ3v) is 5.34. The van der Waals surface area contributed by atoms with E-state index in [-0.39, 0.29) is 31.0 Å². The van der Waals surface area contributed by atoms with Crippen LogP contribution in [0.2, 0.25) is 0 Å². The lowest BCUT2D eigenvalue weighted by molar-refractivity contribution is -0.137. The maximum Gasteiger partial charge on any atom is 0.416 e. The summed E-state index contributed by atoms with van der Waals surface area (Å²) in [5.74, 6) is -1.40. The molecule has 0 aliphatic carbocycles. The second-order valence-electron chi connectivity index (χ2n) is 7.69. The summed E-state index contributed by atoms with van der Waals surface area (Å²) in [4.78, 5) is 25.5. The van der Waals surface area contributed by atoms with E-state index in [0.717, 1.165) is 12.1 Å². The van der Waals surface area contributed by atoms with E-state index in [4.69, 9.17) is 5.11 Å². The number of carboxylic acids is 1. The largest absolute Gasteiger partial charge is 0.478 e. The average molecular weight is 436 g/mol. The molecule has 0 saturated carbocycles. The van der Waals surface area contributed by atoms with Gasteiger partial charge >= 0.3 is 12.1 Å². The number of β-amino-alcohol motifs (C(OH)–C–C–N with tert-alkyl or cyclic N) is 1. The second-order valence-corrected chi connectivity index (χ2v) is 7.69. The summed E-state index contributed by atoms with van der Waals surface area (Å²) in [6.45, 7) is 2.02. The van der Waals surface area contributed by atoms with Gasteiger partial charge in [-0.15, -0.1) is 0 Å². The Balaban J connectivity index is 1.69. The van der Waals surface area contributed by atoms with Crippen LogP contribution in [0.1, 0.15) is 46.4 Å². The van der Waals surface area contributed by atoms with Gasteiger partial charge in [0.05, 0.1) is 29.3 Å². The van der Waals surface area contributed by atoms with Crippen molar-refractivity contribution in [2.24, 2.45) is 0 Å². The molecule has 1 saturated heterocycles. The Bertz CT molecular complexity index is 947. The number of aliphatic hydroxyl groups excluding tert-OH is 1. The normalized spacial score (nSPS) is 20.4.